The van der Waals surface area contributed by atoms with E-state index < -0.39 is 21.7 Å². The molecule has 2 N–H and O–H groups in total. The Bertz CT molecular complexity index is 682. The summed E-state index contributed by atoms with van der Waals surface area (Å²) in [5.41, 5.74) is 1.95. The lowest BCUT2D eigenvalue weighted by atomic mass is 10.4. The third kappa shape index (κ3) is 3.18. The second kappa shape index (κ2) is 5.21. The number of nitrogens with one attached hydrogen (secondary N) is 2. The Morgan fingerprint density at radius 3 is 2.63 bits per heavy atom. The van der Waals surface area contributed by atoms with Gasteiger partial charge < -0.3 is 4.42 Å². The molecule has 0 bridgehead atoms. The van der Waals surface area contributed by atoms with Gasteiger partial charge in [-0.15, -0.1) is 4.83 Å². The maximum Gasteiger partial charge on any atom is 0.301 e. The Morgan fingerprint density at radius 1 is 1.21 bits per heavy atom. The summed E-state index contributed by atoms with van der Waals surface area (Å²) in [6.45, 7) is 0. The molecule has 0 saturated carbocycles. The molecule has 6 nitrogen and oxygen atoms in total. The summed E-state index contributed by atoms with van der Waals surface area (Å²) in [6.07, 6.45) is 1.27. The molecule has 2 rings (SSSR count). The van der Waals surface area contributed by atoms with E-state index >= 15 is 0 Å². The molecule has 0 spiro atoms. The van der Waals surface area contributed by atoms with Crippen LogP contribution in [0.2, 0.25) is 0 Å². The second-order valence-corrected chi connectivity index (χ2v) is 5.18. The van der Waals surface area contributed by atoms with Crippen LogP contribution in [0.25, 0.3) is 0 Å². The van der Waals surface area contributed by atoms with E-state index in [1.54, 1.807) is 0 Å². The molecule has 0 aliphatic rings. The largest absolute Gasteiger partial charge is 0.459 e. The number of amides is 1. The van der Waals surface area contributed by atoms with Crippen LogP contribution in [0.5, 0.6) is 0 Å². The van der Waals surface area contributed by atoms with Crippen molar-refractivity contribution < 1.29 is 22.0 Å². The van der Waals surface area contributed by atoms with Crippen LogP contribution in [0, 0.1) is 5.82 Å². The van der Waals surface area contributed by atoms with Gasteiger partial charge in [0.15, 0.2) is 5.76 Å². The zero-order valence-electron chi connectivity index (χ0n) is 9.46. The number of carbonyl (C=O) groups excluding carboxylic acids is 1. The smallest absolute Gasteiger partial charge is 0.301 e. The number of rotatable bonds is 4. The Labute approximate surface area is 108 Å². The maximum absolute atomic E-state index is 12.9. The normalized spacial score (nSPS) is 11.2. The average molecular weight is 284 g/mol. The highest BCUT2D eigenvalue weighted by molar-refractivity contribution is 7.89. The number of carbonyl (C=O) groups is 1. The molecule has 8 heteroatoms. The molecule has 1 aromatic heterocycles. The number of furan rings is 1. The molecule has 1 amide bonds. The van der Waals surface area contributed by atoms with Crippen LogP contribution in [0.3, 0.4) is 0 Å². The van der Waals surface area contributed by atoms with Crippen LogP contribution in [0.1, 0.15) is 10.6 Å². The SMILES string of the molecule is O=C(NNS(=O)(=O)c1cccc(F)c1)c1ccco1. The van der Waals surface area contributed by atoms with E-state index in [1.807, 2.05) is 10.3 Å². The zero-order valence-corrected chi connectivity index (χ0v) is 10.3. The van der Waals surface area contributed by atoms with Gasteiger partial charge in [-0.2, -0.15) is 0 Å². The van der Waals surface area contributed by atoms with E-state index in [1.165, 1.54) is 30.5 Å². The van der Waals surface area contributed by atoms with E-state index in [9.17, 15) is 17.6 Å². The molecule has 0 aliphatic carbocycles. The van der Waals surface area contributed by atoms with Crippen LogP contribution >= 0.6 is 0 Å². The number of benzene rings is 1. The van der Waals surface area contributed by atoms with Crippen molar-refractivity contribution in [2.45, 2.75) is 4.90 Å². The molecule has 0 atom stereocenters. The van der Waals surface area contributed by atoms with Crippen molar-refractivity contribution in [3.63, 3.8) is 0 Å². The first-order valence-corrected chi connectivity index (χ1v) is 6.58. The van der Waals surface area contributed by atoms with E-state index in [2.05, 4.69) is 0 Å². The van der Waals surface area contributed by atoms with Crippen molar-refractivity contribution >= 4 is 15.9 Å². The van der Waals surface area contributed by atoms with Crippen molar-refractivity contribution in [3.8, 4) is 0 Å². The predicted molar refractivity (Wildman–Crippen MR) is 62.9 cm³/mol. The highest BCUT2D eigenvalue weighted by atomic mass is 32.2. The molecule has 19 heavy (non-hydrogen) atoms. The van der Waals surface area contributed by atoms with Crippen molar-refractivity contribution in [2.24, 2.45) is 0 Å². The first-order chi connectivity index (χ1) is 8.99. The van der Waals surface area contributed by atoms with Crippen LogP contribution in [-0.2, 0) is 10.0 Å². The van der Waals surface area contributed by atoms with Gasteiger partial charge >= 0.3 is 5.91 Å². The quantitative estimate of drug-likeness (QED) is 0.821. The lowest BCUT2D eigenvalue weighted by Crippen LogP contribution is -2.41. The number of hydrogen-bond donors (Lipinski definition) is 2. The summed E-state index contributed by atoms with van der Waals surface area (Å²) < 4.78 is 41.2. The summed E-state index contributed by atoms with van der Waals surface area (Å²) in [4.78, 5) is 13.0. The van der Waals surface area contributed by atoms with Gasteiger partial charge in [0.05, 0.1) is 11.2 Å². The molecule has 100 valence electrons. The van der Waals surface area contributed by atoms with Gasteiger partial charge in [-0.1, -0.05) is 6.07 Å². The minimum Gasteiger partial charge on any atom is -0.459 e. The number of hydrogen-bond acceptors (Lipinski definition) is 4. The van der Waals surface area contributed by atoms with Gasteiger partial charge in [-0.3, -0.25) is 10.2 Å². The van der Waals surface area contributed by atoms with Crippen LogP contribution in [0.4, 0.5) is 4.39 Å². The predicted octanol–water partition coefficient (Wildman–Crippen LogP) is 1.04. The van der Waals surface area contributed by atoms with Crippen molar-refractivity contribution in [1.82, 2.24) is 10.3 Å². The van der Waals surface area contributed by atoms with Crippen LogP contribution in [-0.4, -0.2) is 14.3 Å². The summed E-state index contributed by atoms with van der Waals surface area (Å²) >= 11 is 0. The molecule has 1 heterocycles. The van der Waals surface area contributed by atoms with Crippen LogP contribution in [0.15, 0.2) is 52.0 Å². The Kier molecular flexibility index (Phi) is 3.63. The molecule has 1 aromatic carbocycles. The summed E-state index contributed by atoms with van der Waals surface area (Å²) in [5.74, 6) is -1.51. The zero-order chi connectivity index (χ0) is 13.9. The van der Waals surface area contributed by atoms with E-state index in [-0.39, 0.29) is 10.7 Å². The molecule has 0 unspecified atom stereocenters. The Morgan fingerprint density at radius 2 is 2.00 bits per heavy atom. The molecule has 0 fully saturated rings. The van der Waals surface area contributed by atoms with E-state index in [4.69, 9.17) is 4.42 Å². The number of sulfonamides is 1. The van der Waals surface area contributed by atoms with Gasteiger partial charge in [-0.05, 0) is 30.3 Å². The second-order valence-electron chi connectivity index (χ2n) is 3.49. The van der Waals surface area contributed by atoms with Crippen LogP contribution < -0.4 is 10.3 Å². The van der Waals surface area contributed by atoms with Gasteiger partial charge in [-0.25, -0.2) is 12.8 Å². The number of halogens is 1. The van der Waals surface area contributed by atoms with Crippen molar-refractivity contribution in [1.29, 1.82) is 0 Å². The summed E-state index contributed by atoms with van der Waals surface area (Å²) in [6, 6.07) is 7.24. The topological polar surface area (TPSA) is 88.4 Å². The molecule has 0 aliphatic heterocycles. The van der Waals surface area contributed by atoms with Gasteiger partial charge in [0.1, 0.15) is 5.82 Å². The average Bonchev–Trinajstić information content (AvgIpc) is 2.90. The van der Waals surface area contributed by atoms with Gasteiger partial charge in [0.2, 0.25) is 0 Å². The molecule has 2 aromatic rings. The highest BCUT2D eigenvalue weighted by Crippen LogP contribution is 2.09. The third-order valence-electron chi connectivity index (χ3n) is 2.15. The van der Waals surface area contributed by atoms with Crippen molar-refractivity contribution in [2.75, 3.05) is 0 Å². The highest BCUT2D eigenvalue weighted by Gasteiger charge is 2.17. The summed E-state index contributed by atoms with van der Waals surface area (Å²) in [5, 5.41) is 0. The molecular weight excluding hydrogens is 275 g/mol. The maximum atomic E-state index is 12.9. The third-order valence-corrected chi connectivity index (χ3v) is 3.40. The summed E-state index contributed by atoms with van der Waals surface area (Å²) in [7, 11) is -4.03. The lowest BCUT2D eigenvalue weighted by molar-refractivity contribution is 0.0917. The molecular formula is C11H9FN2O4S. The minimum atomic E-state index is -4.03. The fraction of sp³-hybridized carbons (Fsp3) is 0. The molecule has 0 radical (unpaired) electrons. The minimum absolute atomic E-state index is 0.0538. The number of hydrazine groups is 1. The lowest BCUT2D eigenvalue weighted by Gasteiger charge is -2.07. The Balaban J connectivity index is 2.08. The van der Waals surface area contributed by atoms with Gasteiger partial charge in [0, 0.05) is 0 Å². The van der Waals surface area contributed by atoms with E-state index in [0.29, 0.717) is 0 Å². The fourth-order valence-corrected chi connectivity index (χ4v) is 2.15. The monoisotopic (exact) mass is 284 g/mol. The Hall–Kier alpha value is -2.19. The van der Waals surface area contributed by atoms with Gasteiger partial charge in [0.25, 0.3) is 10.0 Å². The van der Waals surface area contributed by atoms with E-state index in [0.717, 1.165) is 12.1 Å². The molecule has 0 saturated heterocycles. The van der Waals surface area contributed by atoms with Crippen molar-refractivity contribution in [3.05, 3.63) is 54.2 Å². The first kappa shape index (κ1) is 13.2. The standard InChI is InChI=1S/C11H9FN2O4S/c12-8-3-1-4-9(7-8)19(16,17)14-13-11(15)10-5-2-6-18-10/h1-7,14H,(H,13,15). The first-order valence-electron chi connectivity index (χ1n) is 5.10. The fourth-order valence-electron chi connectivity index (χ4n) is 1.28.